The number of oxazole rings is 1. The number of hydrogen-bond donors (Lipinski definition) is 1. The number of nitrogens with one attached hydrogen (secondary N) is 1. The maximum absolute atomic E-state index is 11.0. The minimum absolute atomic E-state index is 0.0566. The summed E-state index contributed by atoms with van der Waals surface area (Å²) in [6, 6.07) is 8.17. The van der Waals surface area contributed by atoms with Crippen LogP contribution in [0.5, 0.6) is 0 Å². The van der Waals surface area contributed by atoms with Crippen molar-refractivity contribution in [3.63, 3.8) is 0 Å². The molecule has 0 fully saturated rings. The van der Waals surface area contributed by atoms with Gasteiger partial charge in [-0.25, -0.2) is 10.4 Å². The zero-order valence-electron chi connectivity index (χ0n) is 13.4. The molecule has 0 radical (unpaired) electrons. The van der Waals surface area contributed by atoms with Crippen LogP contribution in [-0.4, -0.2) is 16.1 Å². The Balaban J connectivity index is 2.20. The zero-order valence-corrected chi connectivity index (χ0v) is 13.4. The molecule has 0 saturated carbocycles. The number of benzene rings is 1. The Kier molecular flexibility index (Phi) is 5.63. The van der Waals surface area contributed by atoms with Crippen molar-refractivity contribution >= 4 is 17.8 Å². The van der Waals surface area contributed by atoms with E-state index in [1.807, 2.05) is 19.9 Å². The predicted octanol–water partition coefficient (Wildman–Crippen LogP) is 3.80. The molecule has 0 bridgehead atoms. The summed E-state index contributed by atoms with van der Waals surface area (Å²) in [5, 5.41) is 24.0. The molecular weight excluding hydrogens is 310 g/mol. The average Bonchev–Trinajstić information content (AvgIpc) is 2.99. The number of nitrogens with zero attached hydrogens (tertiary/aromatic N) is 4. The largest absolute Gasteiger partial charge is 0.422 e. The number of nitro benzene ring substituents is 1. The first-order valence-corrected chi connectivity index (χ1v) is 7.54. The molecule has 0 aliphatic heterocycles. The summed E-state index contributed by atoms with van der Waals surface area (Å²) in [4.78, 5) is 14.6. The summed E-state index contributed by atoms with van der Waals surface area (Å²) < 4.78 is 5.57. The van der Waals surface area contributed by atoms with Crippen LogP contribution in [0.2, 0.25) is 0 Å². The number of para-hydroxylation sites is 1. The molecule has 1 N–H and O–H groups in total. The molecule has 0 aliphatic carbocycles. The van der Waals surface area contributed by atoms with E-state index in [9.17, 15) is 10.1 Å². The maximum atomic E-state index is 11.0. The van der Waals surface area contributed by atoms with Crippen molar-refractivity contribution in [2.75, 3.05) is 5.43 Å². The topological polar surface area (TPSA) is 117 Å². The second-order valence-electron chi connectivity index (χ2n) is 5.04. The fraction of sp³-hybridized carbons (Fsp3) is 0.312. The first kappa shape index (κ1) is 17.1. The number of hydrazone groups is 1. The highest BCUT2D eigenvalue weighted by Gasteiger charge is 2.18. The standard InChI is InChI=1S/C16H17N5O3/c1-3-11(4-2)15-19-13(9-17)16(24-15)20-18-10-12-7-5-6-8-14(12)21(22)23/h5-8,10-11,20H,3-4H2,1-2H3. The monoisotopic (exact) mass is 327 g/mol. The van der Waals surface area contributed by atoms with Crippen molar-refractivity contribution in [3.8, 4) is 6.07 Å². The van der Waals surface area contributed by atoms with E-state index in [4.69, 9.17) is 9.68 Å². The molecule has 2 rings (SSSR count). The predicted molar refractivity (Wildman–Crippen MR) is 88.9 cm³/mol. The van der Waals surface area contributed by atoms with E-state index in [-0.39, 0.29) is 23.2 Å². The van der Waals surface area contributed by atoms with E-state index in [1.54, 1.807) is 18.2 Å². The minimum atomic E-state index is -0.484. The molecule has 2 aromatic rings. The quantitative estimate of drug-likeness (QED) is 0.469. The van der Waals surface area contributed by atoms with E-state index < -0.39 is 4.92 Å². The number of nitro groups is 1. The molecule has 1 aromatic heterocycles. The maximum Gasteiger partial charge on any atom is 0.278 e. The highest BCUT2D eigenvalue weighted by Crippen LogP contribution is 2.27. The van der Waals surface area contributed by atoms with Crippen LogP contribution in [0, 0.1) is 21.4 Å². The minimum Gasteiger partial charge on any atom is -0.422 e. The molecule has 124 valence electrons. The second kappa shape index (κ2) is 7.87. The highest BCUT2D eigenvalue weighted by atomic mass is 16.6. The molecular formula is C16H17N5O3. The average molecular weight is 327 g/mol. The fourth-order valence-corrected chi connectivity index (χ4v) is 2.22. The van der Waals surface area contributed by atoms with Crippen molar-refractivity contribution in [1.82, 2.24) is 4.98 Å². The van der Waals surface area contributed by atoms with Crippen molar-refractivity contribution in [3.05, 3.63) is 51.5 Å². The fourth-order valence-electron chi connectivity index (χ4n) is 2.22. The number of rotatable bonds is 7. The van der Waals surface area contributed by atoms with Gasteiger partial charge in [0, 0.05) is 12.0 Å². The Morgan fingerprint density at radius 3 is 2.79 bits per heavy atom. The summed E-state index contributed by atoms with van der Waals surface area (Å²) in [6.45, 7) is 4.04. The summed E-state index contributed by atoms with van der Waals surface area (Å²) in [5.41, 5.74) is 2.99. The Hall–Kier alpha value is -3.21. The van der Waals surface area contributed by atoms with Crippen LogP contribution in [0.15, 0.2) is 33.8 Å². The van der Waals surface area contributed by atoms with Gasteiger partial charge >= 0.3 is 0 Å². The molecule has 1 heterocycles. The van der Waals surface area contributed by atoms with E-state index in [0.717, 1.165) is 12.8 Å². The molecule has 0 unspecified atom stereocenters. The van der Waals surface area contributed by atoms with Gasteiger partial charge in [0.25, 0.3) is 11.6 Å². The van der Waals surface area contributed by atoms with Gasteiger partial charge < -0.3 is 4.42 Å². The number of nitriles is 1. The summed E-state index contributed by atoms with van der Waals surface area (Å²) in [7, 11) is 0. The third-order valence-electron chi connectivity index (χ3n) is 3.59. The van der Waals surface area contributed by atoms with Gasteiger partial charge in [0.2, 0.25) is 11.6 Å². The lowest BCUT2D eigenvalue weighted by molar-refractivity contribution is -0.385. The lowest BCUT2D eigenvalue weighted by atomic mass is 10.0. The zero-order chi connectivity index (χ0) is 17.5. The van der Waals surface area contributed by atoms with E-state index in [2.05, 4.69) is 15.5 Å². The molecule has 0 amide bonds. The van der Waals surface area contributed by atoms with Gasteiger partial charge in [-0.1, -0.05) is 26.0 Å². The van der Waals surface area contributed by atoms with Gasteiger partial charge in [-0.2, -0.15) is 10.4 Å². The molecule has 0 spiro atoms. The van der Waals surface area contributed by atoms with Gasteiger partial charge in [0.1, 0.15) is 6.07 Å². The second-order valence-corrected chi connectivity index (χ2v) is 5.04. The van der Waals surface area contributed by atoms with Crippen LogP contribution in [0.1, 0.15) is 49.8 Å². The smallest absolute Gasteiger partial charge is 0.278 e. The third kappa shape index (κ3) is 3.76. The van der Waals surface area contributed by atoms with Gasteiger partial charge in [-0.15, -0.1) is 0 Å². The molecule has 1 aromatic carbocycles. The van der Waals surface area contributed by atoms with E-state index >= 15 is 0 Å². The van der Waals surface area contributed by atoms with Crippen LogP contribution >= 0.6 is 0 Å². The first-order valence-electron chi connectivity index (χ1n) is 7.54. The van der Waals surface area contributed by atoms with E-state index in [1.165, 1.54) is 12.3 Å². The van der Waals surface area contributed by atoms with Gasteiger partial charge in [0.05, 0.1) is 16.7 Å². The van der Waals surface area contributed by atoms with Crippen LogP contribution < -0.4 is 5.43 Å². The summed E-state index contributed by atoms with van der Waals surface area (Å²) in [5.74, 6) is 0.751. The van der Waals surface area contributed by atoms with Crippen molar-refractivity contribution in [1.29, 1.82) is 5.26 Å². The van der Waals surface area contributed by atoms with Crippen LogP contribution in [0.3, 0.4) is 0 Å². The number of anilines is 1. The molecule has 0 aliphatic rings. The third-order valence-corrected chi connectivity index (χ3v) is 3.59. The first-order chi connectivity index (χ1) is 11.6. The Bertz CT molecular complexity index is 787. The lowest BCUT2D eigenvalue weighted by Crippen LogP contribution is -1.96. The molecule has 0 saturated heterocycles. The molecule has 8 heteroatoms. The van der Waals surface area contributed by atoms with E-state index in [0.29, 0.717) is 11.5 Å². The Morgan fingerprint density at radius 2 is 2.17 bits per heavy atom. The van der Waals surface area contributed by atoms with Gasteiger partial charge in [-0.3, -0.25) is 10.1 Å². The van der Waals surface area contributed by atoms with Crippen LogP contribution in [0.4, 0.5) is 11.6 Å². The molecule has 24 heavy (non-hydrogen) atoms. The van der Waals surface area contributed by atoms with Crippen LogP contribution in [0.25, 0.3) is 0 Å². The summed E-state index contributed by atoms with van der Waals surface area (Å²) in [6.07, 6.45) is 3.00. The molecule has 8 nitrogen and oxygen atoms in total. The van der Waals surface area contributed by atoms with Gasteiger partial charge in [-0.05, 0) is 18.9 Å². The van der Waals surface area contributed by atoms with Crippen LogP contribution in [-0.2, 0) is 0 Å². The lowest BCUT2D eigenvalue weighted by Gasteiger charge is -2.05. The Labute approximate surface area is 139 Å². The van der Waals surface area contributed by atoms with Crippen molar-refractivity contribution in [2.45, 2.75) is 32.6 Å². The van der Waals surface area contributed by atoms with Crippen molar-refractivity contribution in [2.24, 2.45) is 5.10 Å². The molecule has 0 atom stereocenters. The number of hydrogen-bond acceptors (Lipinski definition) is 7. The number of aromatic nitrogens is 1. The van der Waals surface area contributed by atoms with Gasteiger partial charge in [0.15, 0.2) is 0 Å². The van der Waals surface area contributed by atoms with Crippen molar-refractivity contribution < 1.29 is 9.34 Å². The normalized spacial score (nSPS) is 10.9. The Morgan fingerprint density at radius 1 is 1.46 bits per heavy atom. The SMILES string of the molecule is CCC(CC)c1nc(C#N)c(NN=Cc2ccccc2[N+](=O)[O-])o1. The summed E-state index contributed by atoms with van der Waals surface area (Å²) >= 11 is 0. The highest BCUT2D eigenvalue weighted by molar-refractivity contribution is 5.85.